The summed E-state index contributed by atoms with van der Waals surface area (Å²) < 4.78 is 23.9. The van der Waals surface area contributed by atoms with Crippen molar-refractivity contribution in [3.63, 3.8) is 0 Å². The lowest BCUT2D eigenvalue weighted by molar-refractivity contribution is 0.0700. The minimum Gasteiger partial charge on any atom is -0.337 e. The van der Waals surface area contributed by atoms with E-state index in [9.17, 15) is 13.2 Å². The second-order valence-electron chi connectivity index (χ2n) is 5.50. The maximum absolute atomic E-state index is 12.5. The van der Waals surface area contributed by atoms with Crippen molar-refractivity contribution in [3.8, 4) is 0 Å². The maximum atomic E-state index is 12.5. The van der Waals surface area contributed by atoms with Crippen molar-refractivity contribution in [3.05, 3.63) is 29.0 Å². The average Bonchev–Trinajstić information content (AvgIpc) is 2.45. The second-order valence-corrected chi connectivity index (χ2v) is 8.15. The lowest BCUT2D eigenvalue weighted by Gasteiger charge is -2.37. The number of sulfone groups is 1. The highest BCUT2D eigenvalue weighted by Gasteiger charge is 2.37. The third-order valence-electron chi connectivity index (χ3n) is 4.01. The molecule has 0 radical (unpaired) electrons. The highest BCUT2D eigenvalue weighted by Crippen LogP contribution is 2.28. The van der Waals surface area contributed by atoms with Crippen LogP contribution in [0.5, 0.6) is 0 Å². The zero-order chi connectivity index (χ0) is 15.6. The molecule has 1 aromatic rings. The van der Waals surface area contributed by atoms with Gasteiger partial charge in [-0.3, -0.25) is 4.79 Å². The second kappa shape index (κ2) is 6.32. The molecule has 1 aliphatic rings. The predicted molar refractivity (Wildman–Crippen MR) is 82.2 cm³/mol. The van der Waals surface area contributed by atoms with Crippen LogP contribution >= 0.6 is 11.6 Å². The Morgan fingerprint density at radius 2 is 2.05 bits per heavy atom. The maximum Gasteiger partial charge on any atom is 0.254 e. The summed E-state index contributed by atoms with van der Waals surface area (Å²) in [5, 5.41) is -0.241. The molecule has 1 saturated carbocycles. The van der Waals surface area contributed by atoms with E-state index < -0.39 is 15.1 Å². The smallest absolute Gasteiger partial charge is 0.254 e. The number of hydrogen-bond donors (Lipinski definition) is 0. The predicted octanol–water partition coefficient (Wildman–Crippen LogP) is 2.16. The van der Waals surface area contributed by atoms with Crippen LogP contribution in [-0.2, 0) is 9.84 Å². The molecule has 0 aromatic carbocycles. The van der Waals surface area contributed by atoms with Crippen LogP contribution in [0.25, 0.3) is 0 Å². The Balaban J connectivity index is 2.25. The number of nitrogens with zero attached hydrogens (tertiary/aromatic N) is 2. The molecule has 2 rings (SSSR count). The van der Waals surface area contributed by atoms with Crippen molar-refractivity contribution >= 4 is 27.3 Å². The van der Waals surface area contributed by atoms with Gasteiger partial charge in [0, 0.05) is 31.1 Å². The number of carbonyl (C=O) groups is 1. The van der Waals surface area contributed by atoms with Crippen LogP contribution in [0.15, 0.2) is 18.3 Å². The number of rotatable bonds is 3. The zero-order valence-electron chi connectivity index (χ0n) is 12.1. The third kappa shape index (κ3) is 3.74. The molecule has 1 heterocycles. The number of aromatic nitrogens is 1. The van der Waals surface area contributed by atoms with Crippen LogP contribution in [0, 0.1) is 0 Å². The minimum atomic E-state index is -3.18. The lowest BCUT2D eigenvalue weighted by atomic mass is 9.93. The highest BCUT2D eigenvalue weighted by molar-refractivity contribution is 7.91. The molecule has 21 heavy (non-hydrogen) atoms. The average molecular weight is 331 g/mol. The monoisotopic (exact) mass is 330 g/mol. The van der Waals surface area contributed by atoms with E-state index in [1.807, 2.05) is 0 Å². The van der Waals surface area contributed by atoms with Crippen molar-refractivity contribution in [1.82, 2.24) is 9.88 Å². The summed E-state index contributed by atoms with van der Waals surface area (Å²) in [5.74, 6) is -0.222. The summed E-state index contributed by atoms with van der Waals surface area (Å²) >= 11 is 5.80. The van der Waals surface area contributed by atoms with Gasteiger partial charge in [0.25, 0.3) is 5.91 Å². The fraction of sp³-hybridized carbons (Fsp3) is 0.571. The van der Waals surface area contributed by atoms with Crippen LogP contribution in [0.3, 0.4) is 0 Å². The van der Waals surface area contributed by atoms with Gasteiger partial charge in [-0.25, -0.2) is 13.4 Å². The topological polar surface area (TPSA) is 67.3 Å². The van der Waals surface area contributed by atoms with Crippen LogP contribution in [-0.4, -0.2) is 48.8 Å². The molecule has 1 aromatic heterocycles. The Morgan fingerprint density at radius 3 is 2.67 bits per heavy atom. The first kappa shape index (κ1) is 16.2. The largest absolute Gasteiger partial charge is 0.337 e. The summed E-state index contributed by atoms with van der Waals surface area (Å²) in [4.78, 5) is 17.9. The number of amides is 1. The van der Waals surface area contributed by atoms with E-state index in [2.05, 4.69) is 4.98 Å². The quantitative estimate of drug-likeness (QED) is 0.796. The molecule has 0 saturated heterocycles. The van der Waals surface area contributed by atoms with Crippen molar-refractivity contribution < 1.29 is 13.2 Å². The molecule has 1 fully saturated rings. The number of carbonyl (C=O) groups excluding carboxylic acids is 1. The van der Waals surface area contributed by atoms with Gasteiger partial charge in [-0.2, -0.15) is 0 Å². The molecule has 1 amide bonds. The summed E-state index contributed by atoms with van der Waals surface area (Å²) in [6.45, 7) is 0. The first-order valence-electron chi connectivity index (χ1n) is 6.88. The molecule has 7 heteroatoms. The Morgan fingerprint density at radius 1 is 1.38 bits per heavy atom. The fourth-order valence-electron chi connectivity index (χ4n) is 2.91. The van der Waals surface area contributed by atoms with Crippen molar-refractivity contribution in [2.45, 2.75) is 37.0 Å². The van der Waals surface area contributed by atoms with Crippen LogP contribution in [0.4, 0.5) is 0 Å². The van der Waals surface area contributed by atoms with Gasteiger partial charge in [-0.05, 0) is 25.0 Å². The van der Waals surface area contributed by atoms with E-state index in [4.69, 9.17) is 11.6 Å². The lowest BCUT2D eigenvalue weighted by Crippen LogP contribution is -2.49. The SMILES string of the molecule is CN(C(=O)c1ccnc(Cl)c1)[C@@H]1CCCC[C@H]1S(C)(=O)=O. The third-order valence-corrected chi connectivity index (χ3v) is 5.87. The van der Waals surface area contributed by atoms with Gasteiger partial charge in [0.1, 0.15) is 5.15 Å². The van der Waals surface area contributed by atoms with E-state index in [0.717, 1.165) is 12.8 Å². The Hall–Kier alpha value is -1.14. The van der Waals surface area contributed by atoms with Crippen LogP contribution in [0.1, 0.15) is 36.0 Å². The Bertz CT molecular complexity index is 633. The van der Waals surface area contributed by atoms with Gasteiger partial charge in [0.15, 0.2) is 9.84 Å². The first-order valence-corrected chi connectivity index (χ1v) is 9.21. The summed E-state index contributed by atoms with van der Waals surface area (Å²) in [6.07, 6.45) is 5.86. The first-order chi connectivity index (χ1) is 9.80. The number of halogens is 1. The van der Waals surface area contributed by atoms with Crippen LogP contribution in [0.2, 0.25) is 5.15 Å². The van der Waals surface area contributed by atoms with Gasteiger partial charge in [-0.15, -0.1) is 0 Å². The molecule has 5 nitrogen and oxygen atoms in total. The summed E-state index contributed by atoms with van der Waals surface area (Å²) in [7, 11) is -1.52. The molecule has 2 atom stereocenters. The van der Waals surface area contributed by atoms with Crippen molar-refractivity contribution in [1.29, 1.82) is 0 Å². The minimum absolute atomic E-state index is 0.222. The molecule has 0 bridgehead atoms. The van der Waals surface area contributed by atoms with Gasteiger partial charge >= 0.3 is 0 Å². The molecule has 1 aliphatic carbocycles. The van der Waals surface area contributed by atoms with E-state index in [-0.39, 0.29) is 17.1 Å². The zero-order valence-corrected chi connectivity index (χ0v) is 13.7. The summed E-state index contributed by atoms with van der Waals surface area (Å²) in [5.41, 5.74) is 0.426. The number of hydrogen-bond acceptors (Lipinski definition) is 4. The standard InChI is InChI=1S/C14H19ClN2O3S/c1-17(14(18)10-7-8-16-13(15)9-10)11-5-3-4-6-12(11)21(2,19)20/h7-9,11-12H,3-6H2,1-2H3/t11-,12-/m1/s1. The van der Waals surface area contributed by atoms with Gasteiger partial charge < -0.3 is 4.90 Å². The van der Waals surface area contributed by atoms with Gasteiger partial charge in [0.05, 0.1) is 5.25 Å². The number of pyridine rings is 1. The summed E-state index contributed by atoms with van der Waals surface area (Å²) in [6, 6.07) is 2.80. The Kier molecular flexibility index (Phi) is 4.88. The Labute approximate surface area is 130 Å². The molecule has 0 N–H and O–H groups in total. The van der Waals surface area contributed by atoms with Crippen LogP contribution < -0.4 is 0 Å². The van der Waals surface area contributed by atoms with E-state index in [1.54, 1.807) is 13.1 Å². The van der Waals surface area contributed by atoms with Gasteiger partial charge in [0.2, 0.25) is 0 Å². The van der Waals surface area contributed by atoms with Gasteiger partial charge in [-0.1, -0.05) is 24.4 Å². The molecular weight excluding hydrogens is 312 g/mol. The molecular formula is C14H19ClN2O3S. The van der Waals surface area contributed by atoms with E-state index in [1.165, 1.54) is 23.4 Å². The molecule has 0 unspecified atom stereocenters. The molecule has 0 spiro atoms. The van der Waals surface area contributed by atoms with E-state index in [0.29, 0.717) is 18.4 Å². The molecule has 0 aliphatic heterocycles. The fourth-order valence-corrected chi connectivity index (χ4v) is 4.57. The highest BCUT2D eigenvalue weighted by atomic mass is 35.5. The normalized spacial score (nSPS) is 22.8. The van der Waals surface area contributed by atoms with E-state index >= 15 is 0 Å². The molecule has 116 valence electrons. The van der Waals surface area contributed by atoms with Crippen molar-refractivity contribution in [2.24, 2.45) is 0 Å². The van der Waals surface area contributed by atoms with Crippen molar-refractivity contribution in [2.75, 3.05) is 13.3 Å².